The summed E-state index contributed by atoms with van der Waals surface area (Å²) in [7, 11) is 0. The van der Waals surface area contributed by atoms with Gasteiger partial charge in [-0.15, -0.1) is 0 Å². The highest BCUT2D eigenvalue weighted by Crippen LogP contribution is 2.57. The minimum Gasteiger partial charge on any atom is -0.508 e. The number of benzene rings is 3. The third-order valence-corrected chi connectivity index (χ3v) is 13.7. The molecule has 2 bridgehead atoms. The fourth-order valence-corrected chi connectivity index (χ4v) is 10.3. The van der Waals surface area contributed by atoms with Crippen molar-refractivity contribution in [3.63, 3.8) is 0 Å². The molecule has 0 radical (unpaired) electrons. The van der Waals surface area contributed by atoms with E-state index >= 15 is 0 Å². The van der Waals surface area contributed by atoms with Crippen LogP contribution >= 0.6 is 0 Å². The molecule has 9 rings (SSSR count). The second kappa shape index (κ2) is 18.7. The second-order valence-electron chi connectivity index (χ2n) is 18.1. The van der Waals surface area contributed by atoms with Gasteiger partial charge in [0.25, 0.3) is 0 Å². The van der Waals surface area contributed by atoms with Crippen molar-refractivity contribution in [2.75, 3.05) is 13.2 Å². The number of carbonyl (C=O) groups is 1. The van der Waals surface area contributed by atoms with E-state index < -0.39 is 83.6 Å². The molecule has 1 saturated heterocycles. The molecule has 1 saturated carbocycles. The van der Waals surface area contributed by atoms with Gasteiger partial charge in [-0.2, -0.15) is 0 Å². The molecule has 6 aliphatic rings. The first kappa shape index (κ1) is 47.5. The number of phenols is 2. The SMILES string of the molecule is CCCCCC1=CC2(O)C(Oc3cc4c(c(O)c3OC3(c5cccc(O)c5)CCCC3)C(O)=CC(c3ccc(OC(CO)C(O)C5=NC(=N)C=C5)cc3)O4)OC(C(=O)O)C(O)(C1C1=NC=NC1)C2O. The highest BCUT2D eigenvalue weighted by atomic mass is 16.7. The summed E-state index contributed by atoms with van der Waals surface area (Å²) >= 11 is 0. The van der Waals surface area contributed by atoms with E-state index in [0.717, 1.165) is 12.8 Å². The van der Waals surface area contributed by atoms with Gasteiger partial charge in [-0.1, -0.05) is 49.6 Å². The largest absolute Gasteiger partial charge is 0.508 e. The number of aliphatic hydroxyl groups is 6. The smallest absolute Gasteiger partial charge is 0.336 e. The average Bonchev–Trinajstić information content (AvgIpc) is 4.13. The van der Waals surface area contributed by atoms with Gasteiger partial charge >= 0.3 is 5.97 Å². The molecule has 364 valence electrons. The zero-order valence-corrected chi connectivity index (χ0v) is 37.5. The Morgan fingerprint density at radius 1 is 1.03 bits per heavy atom. The topological polar surface area (TPSA) is 306 Å². The van der Waals surface area contributed by atoms with Gasteiger partial charge in [-0.25, -0.2) is 14.8 Å². The van der Waals surface area contributed by atoms with Gasteiger partial charge in [0.1, 0.15) is 70.3 Å². The Balaban J connectivity index is 1.11. The van der Waals surface area contributed by atoms with Gasteiger partial charge in [-0.3, -0.25) is 10.4 Å². The summed E-state index contributed by atoms with van der Waals surface area (Å²) in [6.07, 6.45) is 1.47. The number of aliphatic carboxylic acids is 1. The summed E-state index contributed by atoms with van der Waals surface area (Å²) in [4.78, 5) is 25.6. The number of carboxylic acids is 1. The maximum atomic E-state index is 13.2. The van der Waals surface area contributed by atoms with Crippen LogP contribution in [0.15, 0.2) is 99.5 Å². The lowest BCUT2D eigenvalue weighted by molar-refractivity contribution is -0.338. The minimum atomic E-state index is -2.66. The minimum absolute atomic E-state index is 0.0160. The highest BCUT2D eigenvalue weighted by molar-refractivity contribution is 6.15. The molecule has 19 nitrogen and oxygen atoms in total. The lowest BCUT2D eigenvalue weighted by Crippen LogP contribution is -2.79. The van der Waals surface area contributed by atoms with Crippen molar-refractivity contribution in [1.82, 2.24) is 0 Å². The zero-order chi connectivity index (χ0) is 48.8. The van der Waals surface area contributed by atoms with Crippen molar-refractivity contribution < 1.29 is 74.4 Å². The number of carboxylic acid groups (broad SMARTS) is 1. The molecule has 69 heavy (non-hydrogen) atoms. The van der Waals surface area contributed by atoms with Crippen molar-refractivity contribution >= 4 is 35.3 Å². The molecule has 4 aliphatic heterocycles. The number of fused-ring (bicyclic) bond motifs is 3. The Labute approximate surface area is 395 Å². The van der Waals surface area contributed by atoms with E-state index in [2.05, 4.69) is 15.0 Å². The van der Waals surface area contributed by atoms with E-state index in [4.69, 9.17) is 29.1 Å². The quantitative estimate of drug-likeness (QED) is 0.0648. The van der Waals surface area contributed by atoms with Crippen LogP contribution in [0.3, 0.4) is 0 Å². The Hall–Kier alpha value is -6.61. The monoisotopic (exact) mass is 950 g/mol. The first-order valence-electron chi connectivity index (χ1n) is 22.9. The van der Waals surface area contributed by atoms with E-state index in [9.17, 15) is 50.8 Å². The van der Waals surface area contributed by atoms with E-state index in [1.807, 2.05) is 6.92 Å². The van der Waals surface area contributed by atoms with Gasteiger partial charge in [0.05, 0.1) is 30.5 Å². The summed E-state index contributed by atoms with van der Waals surface area (Å²) < 4.78 is 31.6. The molecule has 19 heteroatoms. The fourth-order valence-electron chi connectivity index (χ4n) is 10.3. The number of amidine groups is 1. The molecule has 2 fully saturated rings. The molecule has 9 unspecified atom stereocenters. The number of hydrogen-bond acceptors (Lipinski definition) is 17. The summed E-state index contributed by atoms with van der Waals surface area (Å²) in [5.41, 5.74) is -4.79. The van der Waals surface area contributed by atoms with Crippen LogP contribution in [0.1, 0.15) is 81.1 Å². The van der Waals surface area contributed by atoms with E-state index in [0.29, 0.717) is 48.8 Å². The summed E-state index contributed by atoms with van der Waals surface area (Å²) in [6.45, 7) is 1.44. The molecule has 0 spiro atoms. The van der Waals surface area contributed by atoms with Gasteiger partial charge in [-0.05, 0) is 92.1 Å². The lowest BCUT2D eigenvalue weighted by Gasteiger charge is -2.57. The van der Waals surface area contributed by atoms with Crippen LogP contribution in [0.5, 0.6) is 34.5 Å². The Morgan fingerprint density at radius 2 is 1.80 bits per heavy atom. The van der Waals surface area contributed by atoms with Crippen molar-refractivity contribution in [2.45, 2.75) is 112 Å². The average molecular weight is 951 g/mol. The first-order chi connectivity index (χ1) is 33.1. The number of phenolic OH excluding ortho intramolecular Hbond substituents is 2. The van der Waals surface area contributed by atoms with Gasteiger partial charge in [0.15, 0.2) is 29.3 Å². The molecule has 3 aromatic rings. The molecular formula is C50H54N4O15. The summed E-state index contributed by atoms with van der Waals surface area (Å²) in [6, 6.07) is 14.0. The molecule has 9 atom stereocenters. The van der Waals surface area contributed by atoms with Crippen molar-refractivity contribution in [2.24, 2.45) is 20.9 Å². The summed E-state index contributed by atoms with van der Waals surface area (Å²) in [5, 5.41) is 111. The first-order valence-corrected chi connectivity index (χ1v) is 22.9. The van der Waals surface area contributed by atoms with Crippen LogP contribution in [0.4, 0.5) is 0 Å². The molecule has 2 aliphatic carbocycles. The van der Waals surface area contributed by atoms with Crippen LogP contribution in [-0.2, 0) is 15.1 Å². The standard InChI is InChI=1S/C50H54N4O15/c1-2-3-4-8-27-22-49(63)46(62)50(64,40(27)32-23-52-25-53-32)44(45(60)61)68-47(49)67-36-21-35-39(42(59)43(36)69-48(17-5-6-18-48)28-9-7-10-29(56)19-28)33(57)20-34(66-35)26-11-13-30(14-12-26)65-37(24-55)41(58)31-15-16-38(51)54-31/h7,9-16,19-22,25,34,37,40-41,44,46-47,51,55-59,62-64H,2-6,8,17-18,23-24H2,1H3,(H,60,61). The normalized spacial score (nSPS) is 28.4. The van der Waals surface area contributed by atoms with Crippen LogP contribution in [0.2, 0.25) is 0 Å². The van der Waals surface area contributed by atoms with Crippen molar-refractivity contribution in [1.29, 1.82) is 5.41 Å². The molecule has 4 heterocycles. The maximum Gasteiger partial charge on any atom is 0.336 e. The summed E-state index contributed by atoms with van der Waals surface area (Å²) in [5.74, 6) is -4.68. The number of aliphatic hydroxyl groups excluding tert-OH is 4. The molecule has 0 aromatic heterocycles. The van der Waals surface area contributed by atoms with Crippen LogP contribution in [0, 0.1) is 11.3 Å². The van der Waals surface area contributed by atoms with Crippen molar-refractivity contribution in [3.05, 3.63) is 101 Å². The third-order valence-electron chi connectivity index (χ3n) is 13.7. The predicted octanol–water partition coefficient (Wildman–Crippen LogP) is 4.70. The Morgan fingerprint density at radius 3 is 2.45 bits per heavy atom. The zero-order valence-electron chi connectivity index (χ0n) is 37.5. The predicted molar refractivity (Wildman–Crippen MR) is 249 cm³/mol. The molecule has 3 aromatic carbocycles. The Kier molecular flexibility index (Phi) is 12.9. The number of hydrogen-bond donors (Lipinski definition) is 10. The van der Waals surface area contributed by atoms with Crippen molar-refractivity contribution in [3.8, 4) is 34.5 Å². The van der Waals surface area contributed by atoms with Crippen LogP contribution in [0.25, 0.3) is 5.76 Å². The fraction of sp³-hybridized carbons (Fsp3) is 0.420. The molecular weight excluding hydrogens is 897 g/mol. The number of ether oxygens (including phenoxy) is 5. The highest BCUT2D eigenvalue weighted by Gasteiger charge is 2.71. The lowest BCUT2D eigenvalue weighted by atomic mass is 9.60. The number of aromatic hydroxyl groups is 2. The van der Waals surface area contributed by atoms with Gasteiger partial charge in [0, 0.05) is 12.1 Å². The van der Waals surface area contributed by atoms with Crippen LogP contribution in [-0.4, -0.2) is 131 Å². The second-order valence-corrected chi connectivity index (χ2v) is 18.1. The van der Waals surface area contributed by atoms with Gasteiger partial charge in [0.2, 0.25) is 12.0 Å². The number of nitrogens with one attached hydrogen (secondary N) is 1. The number of nitrogens with zero attached hydrogens (tertiary/aromatic N) is 3. The third kappa shape index (κ3) is 8.52. The van der Waals surface area contributed by atoms with E-state index in [1.165, 1.54) is 48.8 Å². The van der Waals surface area contributed by atoms with E-state index in [1.54, 1.807) is 36.4 Å². The van der Waals surface area contributed by atoms with Crippen LogP contribution < -0.4 is 18.9 Å². The Bertz CT molecular complexity index is 2690. The van der Waals surface area contributed by atoms with E-state index in [-0.39, 0.29) is 64.5 Å². The molecule has 10 N–H and O–H groups in total. The number of aliphatic imine (C=N–C) groups is 3. The maximum absolute atomic E-state index is 13.2. The molecule has 0 amide bonds. The number of unbranched alkanes of at least 4 members (excludes halogenated alkanes) is 2. The number of rotatable bonds is 17. The van der Waals surface area contributed by atoms with Gasteiger partial charge < -0.3 is 69.6 Å².